The fraction of sp³-hybridized carbons (Fsp3) is 0.480. The minimum Gasteiger partial charge on any atom is -0.368 e. The lowest BCUT2D eigenvalue weighted by Gasteiger charge is -2.28. The number of benzene rings is 2. The molecule has 164 valence electrons. The van der Waals surface area contributed by atoms with Crippen molar-refractivity contribution in [2.75, 3.05) is 11.9 Å². The first kappa shape index (κ1) is 21.5. The van der Waals surface area contributed by atoms with E-state index in [0.717, 1.165) is 23.2 Å². The summed E-state index contributed by atoms with van der Waals surface area (Å²) in [6.45, 7) is 0.665. The number of nitro groups is 1. The second-order valence-electron chi connectivity index (χ2n) is 8.72. The molecule has 2 atom stereocenters. The molecule has 0 aromatic heterocycles. The van der Waals surface area contributed by atoms with Crippen molar-refractivity contribution in [3.05, 3.63) is 58.6 Å². The quantitative estimate of drug-likeness (QED) is 0.476. The highest BCUT2D eigenvalue weighted by molar-refractivity contribution is 5.94. The molecular weight excluding hydrogens is 392 g/mol. The van der Waals surface area contributed by atoms with Crippen LogP contribution >= 0.6 is 0 Å². The molecule has 1 saturated carbocycles. The van der Waals surface area contributed by atoms with E-state index in [0.29, 0.717) is 18.4 Å². The number of carbonyl (C=O) groups is 1. The number of rotatable bonds is 5. The van der Waals surface area contributed by atoms with Gasteiger partial charge < -0.3 is 10.1 Å². The van der Waals surface area contributed by atoms with Crippen molar-refractivity contribution in [3.63, 3.8) is 0 Å². The van der Waals surface area contributed by atoms with Crippen LogP contribution in [0.15, 0.2) is 48.5 Å². The Morgan fingerprint density at radius 1 is 0.871 bits per heavy atom. The number of hydrogen-bond acceptors (Lipinski definition) is 4. The number of amides is 1. The number of nitrogens with zero attached hydrogens (tertiary/aromatic N) is 1. The van der Waals surface area contributed by atoms with Gasteiger partial charge in [-0.2, -0.15) is 0 Å². The highest BCUT2D eigenvalue weighted by Gasteiger charge is 2.38. The molecular formula is C25H30N2O4. The molecule has 1 aliphatic carbocycles. The van der Waals surface area contributed by atoms with Crippen LogP contribution in [0.25, 0.3) is 11.1 Å². The molecule has 1 heterocycles. The maximum Gasteiger partial charge on any atom is 0.269 e. The van der Waals surface area contributed by atoms with E-state index in [-0.39, 0.29) is 17.7 Å². The van der Waals surface area contributed by atoms with Gasteiger partial charge in [0.2, 0.25) is 0 Å². The van der Waals surface area contributed by atoms with Crippen molar-refractivity contribution in [2.24, 2.45) is 11.8 Å². The third-order valence-corrected chi connectivity index (χ3v) is 6.72. The first-order valence-corrected chi connectivity index (χ1v) is 11.4. The van der Waals surface area contributed by atoms with Crippen LogP contribution < -0.4 is 5.32 Å². The molecule has 0 radical (unpaired) electrons. The molecule has 2 fully saturated rings. The lowest BCUT2D eigenvalue weighted by Crippen LogP contribution is -2.36. The van der Waals surface area contributed by atoms with E-state index in [2.05, 4.69) is 5.32 Å². The van der Waals surface area contributed by atoms with Crippen molar-refractivity contribution < 1.29 is 14.5 Å². The average molecular weight is 423 g/mol. The van der Waals surface area contributed by atoms with Crippen LogP contribution in [0.3, 0.4) is 0 Å². The molecule has 1 N–H and O–H groups in total. The first-order chi connectivity index (χ1) is 15.1. The van der Waals surface area contributed by atoms with Gasteiger partial charge in [-0.15, -0.1) is 0 Å². The van der Waals surface area contributed by atoms with Gasteiger partial charge in [-0.25, -0.2) is 0 Å². The molecule has 6 nitrogen and oxygen atoms in total. The van der Waals surface area contributed by atoms with Crippen LogP contribution in [-0.4, -0.2) is 23.5 Å². The van der Waals surface area contributed by atoms with Gasteiger partial charge in [0, 0.05) is 24.4 Å². The number of ether oxygens (including phenoxy) is 1. The number of carbonyl (C=O) groups excluding carboxylic acids is 1. The normalized spacial score (nSPS) is 22.5. The van der Waals surface area contributed by atoms with Crippen molar-refractivity contribution in [1.29, 1.82) is 0 Å². The van der Waals surface area contributed by atoms with Gasteiger partial charge in [0.15, 0.2) is 0 Å². The summed E-state index contributed by atoms with van der Waals surface area (Å²) in [5.41, 5.74) is 2.65. The lowest BCUT2D eigenvalue weighted by molar-refractivity contribution is -0.384. The second-order valence-corrected chi connectivity index (χ2v) is 8.72. The lowest BCUT2D eigenvalue weighted by atomic mass is 9.78. The Labute approximate surface area is 183 Å². The average Bonchev–Trinajstić information content (AvgIpc) is 3.24. The predicted octanol–water partition coefficient (Wildman–Crippen LogP) is 5.97. The van der Waals surface area contributed by atoms with E-state index in [1.54, 1.807) is 12.1 Å². The molecule has 1 amide bonds. The van der Waals surface area contributed by atoms with Crippen molar-refractivity contribution in [2.45, 2.75) is 57.5 Å². The molecule has 2 aliphatic rings. The molecule has 31 heavy (non-hydrogen) atoms. The largest absolute Gasteiger partial charge is 0.368 e. The Bertz CT molecular complexity index is 887. The molecule has 0 bridgehead atoms. The molecule has 2 aromatic rings. The van der Waals surface area contributed by atoms with Crippen molar-refractivity contribution >= 4 is 17.3 Å². The summed E-state index contributed by atoms with van der Waals surface area (Å²) in [5, 5.41) is 13.8. The third kappa shape index (κ3) is 5.31. The maximum atomic E-state index is 13.0. The molecule has 4 rings (SSSR count). The van der Waals surface area contributed by atoms with Crippen molar-refractivity contribution in [1.82, 2.24) is 0 Å². The number of nitrogens with one attached hydrogen (secondary N) is 1. The van der Waals surface area contributed by atoms with Gasteiger partial charge >= 0.3 is 0 Å². The van der Waals surface area contributed by atoms with Crippen LogP contribution in [0.2, 0.25) is 0 Å². The summed E-state index contributed by atoms with van der Waals surface area (Å²) in [7, 11) is 0. The Balaban J connectivity index is 1.39. The fourth-order valence-electron chi connectivity index (χ4n) is 5.01. The number of hydrogen-bond donors (Lipinski definition) is 1. The molecule has 2 aromatic carbocycles. The summed E-state index contributed by atoms with van der Waals surface area (Å²) in [5.74, 6) is 0.855. The van der Waals surface area contributed by atoms with Crippen molar-refractivity contribution in [3.8, 4) is 11.1 Å². The SMILES string of the molecule is O=C(Nc1ccc(-c2ccc([N+](=O)[O-])cc2)cc1)C1OCCC1C1CCCCCCC1. The zero-order valence-corrected chi connectivity index (χ0v) is 17.8. The molecule has 1 aliphatic heterocycles. The Morgan fingerprint density at radius 3 is 2.06 bits per heavy atom. The van der Waals surface area contributed by atoms with E-state index >= 15 is 0 Å². The summed E-state index contributed by atoms with van der Waals surface area (Å²) in [6.07, 6.45) is 9.52. The van der Waals surface area contributed by atoms with Crippen LogP contribution in [0.5, 0.6) is 0 Å². The van der Waals surface area contributed by atoms with E-state index in [1.807, 2.05) is 24.3 Å². The first-order valence-electron chi connectivity index (χ1n) is 11.4. The van der Waals surface area contributed by atoms with E-state index in [1.165, 1.54) is 57.1 Å². The zero-order chi connectivity index (χ0) is 21.6. The highest BCUT2D eigenvalue weighted by Crippen LogP contribution is 2.37. The van der Waals surface area contributed by atoms with Gasteiger partial charge in [-0.3, -0.25) is 14.9 Å². The second kappa shape index (κ2) is 10.1. The maximum absolute atomic E-state index is 13.0. The number of non-ortho nitro benzene ring substituents is 1. The number of anilines is 1. The zero-order valence-electron chi connectivity index (χ0n) is 17.8. The van der Waals surface area contributed by atoms with Gasteiger partial charge in [-0.1, -0.05) is 57.1 Å². The van der Waals surface area contributed by atoms with E-state index in [9.17, 15) is 14.9 Å². The van der Waals surface area contributed by atoms with Crippen LogP contribution in [0.4, 0.5) is 11.4 Å². The monoisotopic (exact) mass is 422 g/mol. The summed E-state index contributed by atoms with van der Waals surface area (Å²) < 4.78 is 5.88. The Morgan fingerprint density at radius 2 is 1.45 bits per heavy atom. The standard InChI is InChI=1S/C25H30N2O4/c28-25(24-23(16-17-31-24)20-6-4-2-1-3-5-7-20)26-21-12-8-18(9-13-21)19-10-14-22(15-11-19)27(29)30/h8-15,20,23-24H,1-7,16-17H2,(H,26,28). The topological polar surface area (TPSA) is 81.5 Å². The number of nitro benzene ring substituents is 1. The van der Waals surface area contributed by atoms with Gasteiger partial charge in [0.25, 0.3) is 11.6 Å². The minimum absolute atomic E-state index is 0.0485. The highest BCUT2D eigenvalue weighted by atomic mass is 16.6. The molecule has 2 unspecified atom stereocenters. The summed E-state index contributed by atoms with van der Waals surface area (Å²) in [4.78, 5) is 23.4. The van der Waals surface area contributed by atoms with Gasteiger partial charge in [-0.05, 0) is 53.6 Å². The molecule has 1 saturated heterocycles. The molecule has 6 heteroatoms. The summed E-state index contributed by atoms with van der Waals surface area (Å²) in [6, 6.07) is 14.0. The van der Waals surface area contributed by atoms with Crippen LogP contribution in [-0.2, 0) is 9.53 Å². The Kier molecular flexibility index (Phi) is 6.97. The van der Waals surface area contributed by atoms with E-state index < -0.39 is 4.92 Å². The Hall–Kier alpha value is -2.73. The minimum atomic E-state index is -0.405. The van der Waals surface area contributed by atoms with Gasteiger partial charge in [0.1, 0.15) is 6.10 Å². The van der Waals surface area contributed by atoms with Crippen LogP contribution in [0.1, 0.15) is 51.4 Å². The summed E-state index contributed by atoms with van der Waals surface area (Å²) >= 11 is 0. The van der Waals surface area contributed by atoms with E-state index in [4.69, 9.17) is 4.74 Å². The third-order valence-electron chi connectivity index (χ3n) is 6.72. The fourth-order valence-corrected chi connectivity index (χ4v) is 5.01. The van der Waals surface area contributed by atoms with Crippen LogP contribution in [0, 0.1) is 22.0 Å². The molecule has 0 spiro atoms. The smallest absolute Gasteiger partial charge is 0.269 e. The predicted molar refractivity (Wildman–Crippen MR) is 121 cm³/mol. The van der Waals surface area contributed by atoms with Gasteiger partial charge in [0.05, 0.1) is 4.92 Å².